The van der Waals surface area contributed by atoms with Gasteiger partial charge in [-0.3, -0.25) is 4.90 Å². The largest absolute Gasteiger partial charge is 0.361 e. The third kappa shape index (κ3) is 2.84. The summed E-state index contributed by atoms with van der Waals surface area (Å²) < 4.78 is 6.53. The summed E-state index contributed by atoms with van der Waals surface area (Å²) in [5.41, 5.74) is 3.35. The summed E-state index contributed by atoms with van der Waals surface area (Å²) in [7, 11) is 0. The van der Waals surface area contributed by atoms with Gasteiger partial charge in [0.15, 0.2) is 5.13 Å². The smallest absolute Gasteiger partial charge is 0.186 e. The van der Waals surface area contributed by atoms with Gasteiger partial charge in [-0.2, -0.15) is 0 Å². The van der Waals surface area contributed by atoms with Crippen molar-refractivity contribution in [1.29, 1.82) is 0 Å². The summed E-state index contributed by atoms with van der Waals surface area (Å²) in [5.74, 6) is 0.941. The molecule has 6 heteroatoms. The molecule has 0 amide bonds. The molecule has 0 bridgehead atoms. The molecule has 23 heavy (non-hydrogen) atoms. The first-order valence-corrected chi connectivity index (χ1v) is 8.77. The minimum absolute atomic E-state index is 0.925. The highest BCUT2D eigenvalue weighted by Crippen LogP contribution is 2.29. The lowest BCUT2D eigenvalue weighted by molar-refractivity contribution is 0.248. The lowest BCUT2D eigenvalue weighted by Crippen LogP contribution is -2.46. The zero-order valence-electron chi connectivity index (χ0n) is 13.5. The van der Waals surface area contributed by atoms with Gasteiger partial charge in [-0.15, -0.1) is 0 Å². The fourth-order valence-corrected chi connectivity index (χ4v) is 4.06. The van der Waals surface area contributed by atoms with Crippen LogP contribution in [0.1, 0.15) is 17.0 Å². The Morgan fingerprint density at radius 2 is 1.91 bits per heavy atom. The van der Waals surface area contributed by atoms with E-state index in [0.29, 0.717) is 0 Å². The molecule has 1 aliphatic rings. The number of aromatic nitrogens is 2. The number of hydrogen-bond acceptors (Lipinski definition) is 6. The first kappa shape index (κ1) is 14.7. The average Bonchev–Trinajstić information content (AvgIpc) is 3.14. The van der Waals surface area contributed by atoms with E-state index in [1.165, 1.54) is 10.3 Å². The van der Waals surface area contributed by atoms with E-state index in [2.05, 4.69) is 33.2 Å². The predicted molar refractivity (Wildman–Crippen MR) is 93.1 cm³/mol. The van der Waals surface area contributed by atoms with Gasteiger partial charge in [0.05, 0.1) is 15.9 Å². The van der Waals surface area contributed by atoms with Crippen molar-refractivity contribution in [1.82, 2.24) is 15.0 Å². The number of nitrogens with zero attached hydrogens (tertiary/aromatic N) is 4. The normalized spacial score (nSPS) is 16.3. The Kier molecular flexibility index (Phi) is 3.79. The summed E-state index contributed by atoms with van der Waals surface area (Å²) in [6.07, 6.45) is 0. The van der Waals surface area contributed by atoms with E-state index in [9.17, 15) is 0 Å². The van der Waals surface area contributed by atoms with Crippen molar-refractivity contribution in [3.8, 4) is 0 Å². The fraction of sp³-hybridized carbons (Fsp3) is 0.412. The van der Waals surface area contributed by atoms with Crippen LogP contribution in [0.15, 0.2) is 28.8 Å². The van der Waals surface area contributed by atoms with Gasteiger partial charge in [-0.05, 0) is 26.0 Å². The summed E-state index contributed by atoms with van der Waals surface area (Å²) in [5, 5.41) is 5.19. The van der Waals surface area contributed by atoms with Crippen molar-refractivity contribution in [2.24, 2.45) is 0 Å². The monoisotopic (exact) mass is 328 g/mol. The van der Waals surface area contributed by atoms with Gasteiger partial charge in [-0.25, -0.2) is 4.98 Å². The fourth-order valence-electron chi connectivity index (χ4n) is 3.04. The van der Waals surface area contributed by atoms with Crippen molar-refractivity contribution in [3.63, 3.8) is 0 Å². The van der Waals surface area contributed by atoms with Crippen molar-refractivity contribution in [2.45, 2.75) is 20.4 Å². The minimum Gasteiger partial charge on any atom is -0.361 e. The number of fused-ring (bicyclic) bond motifs is 1. The molecule has 4 rings (SSSR count). The molecule has 0 saturated carbocycles. The number of anilines is 1. The van der Waals surface area contributed by atoms with E-state index < -0.39 is 0 Å². The Morgan fingerprint density at radius 3 is 2.61 bits per heavy atom. The molecule has 0 aliphatic carbocycles. The molecule has 2 aromatic heterocycles. The second-order valence-corrected chi connectivity index (χ2v) is 7.04. The molecule has 120 valence electrons. The van der Waals surface area contributed by atoms with E-state index in [-0.39, 0.29) is 0 Å². The SMILES string of the molecule is Cc1noc(C)c1CN1CCN(c2nc3ccccc3s2)CC1. The Balaban J connectivity index is 1.42. The van der Waals surface area contributed by atoms with E-state index in [4.69, 9.17) is 9.51 Å². The third-order valence-corrected chi connectivity index (χ3v) is 5.59. The minimum atomic E-state index is 0.925. The van der Waals surface area contributed by atoms with E-state index >= 15 is 0 Å². The molecule has 5 nitrogen and oxygen atoms in total. The van der Waals surface area contributed by atoms with Crippen molar-refractivity contribution >= 4 is 26.7 Å². The number of aryl methyl sites for hydroxylation is 2. The lowest BCUT2D eigenvalue weighted by Gasteiger charge is -2.34. The molecule has 1 aromatic carbocycles. The topological polar surface area (TPSA) is 45.4 Å². The summed E-state index contributed by atoms with van der Waals surface area (Å²) >= 11 is 1.79. The molecule has 0 unspecified atom stereocenters. The van der Waals surface area contributed by atoms with Gasteiger partial charge >= 0.3 is 0 Å². The number of piperazine rings is 1. The number of benzene rings is 1. The van der Waals surface area contributed by atoms with Gasteiger partial charge in [0.1, 0.15) is 5.76 Å². The van der Waals surface area contributed by atoms with E-state index in [1.807, 2.05) is 19.9 Å². The molecule has 0 radical (unpaired) electrons. The second kappa shape index (κ2) is 5.94. The maximum absolute atomic E-state index is 5.27. The molecule has 3 aromatic rings. The van der Waals surface area contributed by atoms with Crippen LogP contribution >= 0.6 is 11.3 Å². The maximum Gasteiger partial charge on any atom is 0.186 e. The molecule has 3 heterocycles. The van der Waals surface area contributed by atoms with Gasteiger partial charge < -0.3 is 9.42 Å². The molecule has 1 saturated heterocycles. The summed E-state index contributed by atoms with van der Waals surface area (Å²) in [6, 6.07) is 8.35. The molecule has 0 N–H and O–H groups in total. The third-order valence-electron chi connectivity index (χ3n) is 4.49. The quantitative estimate of drug-likeness (QED) is 0.739. The van der Waals surface area contributed by atoms with Crippen molar-refractivity contribution in [2.75, 3.05) is 31.1 Å². The Bertz CT molecular complexity index is 764. The van der Waals surface area contributed by atoms with Gasteiger partial charge in [0, 0.05) is 38.3 Å². The number of para-hydroxylation sites is 1. The standard InChI is InChI=1S/C17H20N4OS/c1-12-14(13(2)22-19-12)11-20-7-9-21(10-8-20)17-18-15-5-3-4-6-16(15)23-17/h3-6H,7-11H2,1-2H3. The van der Waals surface area contributed by atoms with Crippen LogP contribution in [0.3, 0.4) is 0 Å². The van der Waals surface area contributed by atoms with Crippen molar-refractivity contribution in [3.05, 3.63) is 41.3 Å². The van der Waals surface area contributed by atoms with Crippen LogP contribution in [0.4, 0.5) is 5.13 Å². The second-order valence-electron chi connectivity index (χ2n) is 6.03. The van der Waals surface area contributed by atoms with Crippen LogP contribution in [-0.4, -0.2) is 41.2 Å². The summed E-state index contributed by atoms with van der Waals surface area (Å²) in [6.45, 7) is 9.05. The Labute approximate surface area is 139 Å². The molecule has 0 spiro atoms. The maximum atomic E-state index is 5.27. The first-order valence-electron chi connectivity index (χ1n) is 7.95. The first-order chi connectivity index (χ1) is 11.2. The van der Waals surface area contributed by atoms with Crippen LogP contribution in [0, 0.1) is 13.8 Å². The highest BCUT2D eigenvalue weighted by Gasteiger charge is 2.21. The predicted octanol–water partition coefficient (Wildman–Crippen LogP) is 3.22. The van der Waals surface area contributed by atoms with Gasteiger partial charge in [0.2, 0.25) is 0 Å². The van der Waals surface area contributed by atoms with Crippen LogP contribution in [-0.2, 0) is 6.54 Å². The number of thiazole rings is 1. The van der Waals surface area contributed by atoms with Crippen LogP contribution in [0.25, 0.3) is 10.2 Å². The van der Waals surface area contributed by atoms with Crippen LogP contribution < -0.4 is 4.90 Å². The highest BCUT2D eigenvalue weighted by molar-refractivity contribution is 7.22. The molecule has 1 fully saturated rings. The number of hydrogen-bond donors (Lipinski definition) is 0. The van der Waals surface area contributed by atoms with Crippen LogP contribution in [0.5, 0.6) is 0 Å². The highest BCUT2D eigenvalue weighted by atomic mass is 32.1. The molecular formula is C17H20N4OS. The molecule has 0 atom stereocenters. The number of rotatable bonds is 3. The van der Waals surface area contributed by atoms with E-state index in [1.54, 1.807) is 11.3 Å². The zero-order valence-corrected chi connectivity index (χ0v) is 14.3. The van der Waals surface area contributed by atoms with Gasteiger partial charge in [0.25, 0.3) is 0 Å². The van der Waals surface area contributed by atoms with Gasteiger partial charge in [-0.1, -0.05) is 28.6 Å². The Hall–Kier alpha value is -1.92. The zero-order chi connectivity index (χ0) is 15.8. The van der Waals surface area contributed by atoms with E-state index in [0.717, 1.165) is 54.8 Å². The Morgan fingerprint density at radius 1 is 1.13 bits per heavy atom. The van der Waals surface area contributed by atoms with Crippen molar-refractivity contribution < 1.29 is 4.52 Å². The van der Waals surface area contributed by atoms with Crippen LogP contribution in [0.2, 0.25) is 0 Å². The molecule has 1 aliphatic heterocycles. The average molecular weight is 328 g/mol. The lowest BCUT2D eigenvalue weighted by atomic mass is 10.2. The molecular weight excluding hydrogens is 308 g/mol. The summed E-state index contributed by atoms with van der Waals surface area (Å²) in [4.78, 5) is 9.63.